The van der Waals surface area contributed by atoms with E-state index in [-0.39, 0.29) is 29.4 Å². The highest BCUT2D eigenvalue weighted by molar-refractivity contribution is 8.01. The maximum absolute atomic E-state index is 12.4. The number of rotatable bonds is 6. The lowest BCUT2D eigenvalue weighted by Crippen LogP contribution is -2.26. The first-order chi connectivity index (χ1) is 12.7. The van der Waals surface area contributed by atoms with Crippen molar-refractivity contribution in [1.29, 1.82) is 0 Å². The molecule has 0 radical (unpaired) electrons. The molecule has 1 aliphatic rings. The highest BCUT2D eigenvalue weighted by Crippen LogP contribution is 2.27. The van der Waals surface area contributed by atoms with Gasteiger partial charge in [0.2, 0.25) is 11.8 Å². The van der Waals surface area contributed by atoms with Crippen LogP contribution in [-0.4, -0.2) is 34.5 Å². The van der Waals surface area contributed by atoms with Gasteiger partial charge in [-0.3, -0.25) is 9.59 Å². The summed E-state index contributed by atoms with van der Waals surface area (Å²) >= 11 is 1.37. The number of carbonyl (C=O) groups is 2. The highest BCUT2D eigenvalue weighted by Gasteiger charge is 2.24. The normalized spacial score (nSPS) is 16.3. The van der Waals surface area contributed by atoms with Crippen molar-refractivity contribution >= 4 is 35.0 Å². The topological polar surface area (TPSA) is 78.4 Å². The lowest BCUT2D eigenvalue weighted by Gasteiger charge is -2.13. The molecule has 0 unspecified atom stereocenters. The molecule has 1 atom stereocenters. The number of nitrogens with one attached hydrogen (secondary N) is 2. The van der Waals surface area contributed by atoms with E-state index in [9.17, 15) is 9.59 Å². The van der Waals surface area contributed by atoms with Crippen LogP contribution in [0.3, 0.4) is 0 Å². The van der Waals surface area contributed by atoms with Gasteiger partial charge in [-0.25, -0.2) is 0 Å². The molecule has 1 heterocycles. The molecule has 0 aromatic heterocycles. The summed E-state index contributed by atoms with van der Waals surface area (Å²) in [7, 11) is 0. The van der Waals surface area contributed by atoms with Crippen LogP contribution in [-0.2, 0) is 22.4 Å². The molecule has 0 aliphatic carbocycles. The maximum atomic E-state index is 12.4. The van der Waals surface area contributed by atoms with Crippen molar-refractivity contribution in [1.82, 2.24) is 0 Å². The molecule has 2 aromatic rings. The molecule has 0 saturated carbocycles. The molecule has 0 fully saturated rings. The third kappa shape index (κ3) is 4.86. The first-order valence-corrected chi connectivity index (χ1v) is 9.70. The standard InChI is InChI=1S/C20H22N2O3S/c23-12-11-14-5-8-16(9-6-14)21-19(24)13-26-18-10-7-15-3-1-2-4-17(15)22-20(18)25/h1-6,8-9,18,23H,7,10-13H2,(H,21,24)(H,22,25)/t18-/m1/s1. The SMILES string of the molecule is O=C(CS[C@@H]1CCc2ccccc2NC1=O)Nc1ccc(CCO)cc1. The Morgan fingerprint density at radius 1 is 1.19 bits per heavy atom. The number of aliphatic hydroxyl groups is 1. The van der Waals surface area contributed by atoms with Crippen molar-refractivity contribution in [3.05, 3.63) is 59.7 Å². The van der Waals surface area contributed by atoms with Crippen molar-refractivity contribution in [2.75, 3.05) is 23.0 Å². The molecule has 1 aliphatic heterocycles. The van der Waals surface area contributed by atoms with Crippen LogP contribution in [0.1, 0.15) is 17.5 Å². The van der Waals surface area contributed by atoms with Crippen molar-refractivity contribution in [3.8, 4) is 0 Å². The predicted molar refractivity (Wildman–Crippen MR) is 106 cm³/mol. The number of amides is 2. The van der Waals surface area contributed by atoms with Crippen LogP contribution in [0.25, 0.3) is 0 Å². The minimum atomic E-state index is -0.236. The van der Waals surface area contributed by atoms with Gasteiger partial charge in [0, 0.05) is 18.0 Å². The van der Waals surface area contributed by atoms with E-state index in [0.29, 0.717) is 6.42 Å². The average molecular weight is 370 g/mol. The van der Waals surface area contributed by atoms with Gasteiger partial charge in [-0.15, -0.1) is 11.8 Å². The van der Waals surface area contributed by atoms with Gasteiger partial charge in [0.1, 0.15) is 0 Å². The lowest BCUT2D eigenvalue weighted by molar-refractivity contribution is -0.115. The van der Waals surface area contributed by atoms with Crippen LogP contribution in [0.5, 0.6) is 0 Å². The van der Waals surface area contributed by atoms with Crippen LogP contribution < -0.4 is 10.6 Å². The molecule has 3 N–H and O–H groups in total. The minimum absolute atomic E-state index is 0.0406. The molecule has 2 aromatic carbocycles. The van der Waals surface area contributed by atoms with Gasteiger partial charge in [0.15, 0.2) is 0 Å². The van der Waals surface area contributed by atoms with Crippen LogP contribution in [0.4, 0.5) is 11.4 Å². The molecule has 6 heteroatoms. The van der Waals surface area contributed by atoms with Gasteiger partial charge in [-0.05, 0) is 48.6 Å². The van der Waals surface area contributed by atoms with Crippen LogP contribution in [0, 0.1) is 0 Å². The highest BCUT2D eigenvalue weighted by atomic mass is 32.2. The molecular formula is C20H22N2O3S. The van der Waals surface area contributed by atoms with E-state index in [0.717, 1.165) is 35.3 Å². The van der Waals surface area contributed by atoms with Crippen molar-refractivity contribution < 1.29 is 14.7 Å². The molecular weight excluding hydrogens is 348 g/mol. The Morgan fingerprint density at radius 3 is 2.73 bits per heavy atom. The molecule has 136 valence electrons. The van der Waals surface area contributed by atoms with Gasteiger partial charge in [-0.2, -0.15) is 0 Å². The number of carbonyl (C=O) groups excluding carboxylic acids is 2. The zero-order valence-electron chi connectivity index (χ0n) is 14.4. The largest absolute Gasteiger partial charge is 0.396 e. The van der Waals surface area contributed by atoms with E-state index < -0.39 is 0 Å². The first-order valence-electron chi connectivity index (χ1n) is 8.66. The van der Waals surface area contributed by atoms with Crippen LogP contribution >= 0.6 is 11.8 Å². The number of thioether (sulfide) groups is 1. The molecule has 26 heavy (non-hydrogen) atoms. The zero-order chi connectivity index (χ0) is 18.4. The van der Waals surface area contributed by atoms with Crippen LogP contribution in [0.2, 0.25) is 0 Å². The molecule has 3 rings (SSSR count). The Hall–Kier alpha value is -2.31. The fourth-order valence-corrected chi connectivity index (χ4v) is 3.83. The summed E-state index contributed by atoms with van der Waals surface area (Å²) in [6.45, 7) is 0.107. The van der Waals surface area contributed by atoms with E-state index in [1.54, 1.807) is 0 Å². The van der Waals surface area contributed by atoms with Crippen molar-refractivity contribution in [2.45, 2.75) is 24.5 Å². The minimum Gasteiger partial charge on any atom is -0.396 e. The summed E-state index contributed by atoms with van der Waals surface area (Å²) in [5.74, 6) is 0.0629. The monoisotopic (exact) mass is 370 g/mol. The van der Waals surface area contributed by atoms with Crippen molar-refractivity contribution in [3.63, 3.8) is 0 Å². The molecule has 0 spiro atoms. The Morgan fingerprint density at radius 2 is 1.96 bits per heavy atom. The van der Waals surface area contributed by atoms with Crippen molar-refractivity contribution in [2.24, 2.45) is 0 Å². The molecule has 0 saturated heterocycles. The summed E-state index contributed by atoms with van der Waals surface area (Å²) in [6.07, 6.45) is 2.14. The number of hydrogen-bond acceptors (Lipinski definition) is 4. The molecule has 5 nitrogen and oxygen atoms in total. The number of hydrogen-bond donors (Lipinski definition) is 3. The third-order valence-corrected chi connectivity index (χ3v) is 5.58. The van der Waals surface area contributed by atoms with E-state index in [2.05, 4.69) is 10.6 Å². The summed E-state index contributed by atoms with van der Waals surface area (Å²) in [4.78, 5) is 24.5. The van der Waals surface area contributed by atoms with E-state index in [1.165, 1.54) is 11.8 Å². The van der Waals surface area contributed by atoms with Gasteiger partial charge >= 0.3 is 0 Å². The fraction of sp³-hybridized carbons (Fsp3) is 0.300. The van der Waals surface area contributed by atoms with E-state index >= 15 is 0 Å². The number of aliphatic hydroxyl groups excluding tert-OH is 1. The smallest absolute Gasteiger partial charge is 0.237 e. The van der Waals surface area contributed by atoms with E-state index in [1.807, 2.05) is 48.5 Å². The number of benzene rings is 2. The second-order valence-electron chi connectivity index (χ2n) is 6.20. The third-order valence-electron chi connectivity index (χ3n) is 4.30. The average Bonchev–Trinajstić information content (AvgIpc) is 2.80. The Kier molecular flexibility index (Phi) is 6.30. The lowest BCUT2D eigenvalue weighted by atomic mass is 10.1. The first kappa shape index (κ1) is 18.5. The fourth-order valence-electron chi connectivity index (χ4n) is 2.91. The van der Waals surface area contributed by atoms with Crippen LogP contribution in [0.15, 0.2) is 48.5 Å². The summed E-state index contributed by atoms with van der Waals surface area (Å²) in [5, 5.41) is 14.5. The van der Waals surface area contributed by atoms with Gasteiger partial charge in [0.25, 0.3) is 0 Å². The number of aryl methyl sites for hydroxylation is 1. The number of anilines is 2. The Bertz CT molecular complexity index is 777. The number of fused-ring (bicyclic) bond motifs is 1. The second-order valence-corrected chi connectivity index (χ2v) is 7.39. The van der Waals surface area contributed by atoms with Gasteiger partial charge in [-0.1, -0.05) is 30.3 Å². The zero-order valence-corrected chi connectivity index (χ0v) is 15.2. The Balaban J connectivity index is 1.50. The summed E-state index contributed by atoms with van der Waals surface area (Å²) < 4.78 is 0. The summed E-state index contributed by atoms with van der Waals surface area (Å²) in [5.41, 5.74) is 3.74. The maximum Gasteiger partial charge on any atom is 0.237 e. The quantitative estimate of drug-likeness (QED) is 0.731. The summed E-state index contributed by atoms with van der Waals surface area (Å²) in [6, 6.07) is 15.2. The van der Waals surface area contributed by atoms with Gasteiger partial charge in [0.05, 0.1) is 11.0 Å². The predicted octanol–water partition coefficient (Wildman–Crippen LogP) is 2.85. The number of para-hydroxylation sites is 1. The molecule has 2 amide bonds. The van der Waals surface area contributed by atoms with Gasteiger partial charge < -0.3 is 15.7 Å². The molecule has 0 bridgehead atoms. The Labute approximate surface area is 157 Å². The van der Waals surface area contributed by atoms with E-state index in [4.69, 9.17) is 5.11 Å². The second kappa shape index (κ2) is 8.87.